The monoisotopic (exact) mass is 408 g/mol. The summed E-state index contributed by atoms with van der Waals surface area (Å²) in [6, 6.07) is 13.2. The zero-order valence-corrected chi connectivity index (χ0v) is 15.8. The van der Waals surface area contributed by atoms with Crippen molar-refractivity contribution in [1.82, 2.24) is 0 Å². The van der Waals surface area contributed by atoms with Crippen molar-refractivity contribution < 1.29 is 9.69 Å². The Labute approximate surface area is 155 Å². The average molecular weight is 410 g/mol. The van der Waals surface area contributed by atoms with Gasteiger partial charge in [0.2, 0.25) is 0 Å². The highest BCUT2D eigenvalue weighted by Crippen LogP contribution is 2.28. The number of quaternary nitrogens is 1. The highest BCUT2D eigenvalue weighted by molar-refractivity contribution is 9.10. The number of hydrogen-bond donors (Lipinski definition) is 2. The van der Waals surface area contributed by atoms with Crippen molar-refractivity contribution in [3.8, 4) is 0 Å². The quantitative estimate of drug-likeness (QED) is 0.818. The Hall–Kier alpha value is -1.56. The number of rotatable bonds is 3. The van der Waals surface area contributed by atoms with Gasteiger partial charge in [-0.3, -0.25) is 4.79 Å². The van der Waals surface area contributed by atoms with Crippen LogP contribution in [-0.4, -0.2) is 39.1 Å². The first-order chi connectivity index (χ1) is 11.5. The summed E-state index contributed by atoms with van der Waals surface area (Å²) in [6.45, 7) is 4.16. The molecule has 1 saturated heterocycles. The number of nitrogens with zero attached hydrogens (tertiary/aromatic N) is 1. The second-order valence-corrected chi connectivity index (χ2v) is 7.36. The number of carbonyl (C=O) groups excluding carboxylic acids is 1. The third-order valence-corrected chi connectivity index (χ3v) is 5.11. The molecular formula is C18H20BrClN3O+. The van der Waals surface area contributed by atoms with Gasteiger partial charge in [-0.25, -0.2) is 0 Å². The van der Waals surface area contributed by atoms with Gasteiger partial charge in [0.1, 0.15) is 0 Å². The lowest BCUT2D eigenvalue weighted by molar-refractivity contribution is -0.880. The van der Waals surface area contributed by atoms with Gasteiger partial charge in [0.05, 0.1) is 55.2 Å². The molecule has 1 aliphatic heterocycles. The van der Waals surface area contributed by atoms with Crippen molar-refractivity contribution in [2.75, 3.05) is 43.4 Å². The third-order valence-electron chi connectivity index (χ3n) is 4.28. The molecule has 1 amide bonds. The highest BCUT2D eigenvalue weighted by atomic mass is 79.9. The molecule has 0 saturated carbocycles. The van der Waals surface area contributed by atoms with Crippen LogP contribution in [0, 0.1) is 0 Å². The summed E-state index contributed by atoms with van der Waals surface area (Å²) in [5.41, 5.74) is 2.34. The Kier molecular flexibility index (Phi) is 5.43. The zero-order chi connectivity index (χ0) is 17.1. The summed E-state index contributed by atoms with van der Waals surface area (Å²) < 4.78 is 0.826. The molecule has 0 spiro atoms. The summed E-state index contributed by atoms with van der Waals surface area (Å²) in [7, 11) is 2.21. The molecule has 4 nitrogen and oxygen atoms in total. The van der Waals surface area contributed by atoms with E-state index in [0.29, 0.717) is 10.6 Å². The van der Waals surface area contributed by atoms with Crippen LogP contribution in [0.2, 0.25) is 5.02 Å². The number of piperazine rings is 1. The van der Waals surface area contributed by atoms with Crippen LogP contribution in [-0.2, 0) is 0 Å². The Morgan fingerprint density at radius 3 is 2.67 bits per heavy atom. The molecule has 0 bridgehead atoms. The number of nitrogens with one attached hydrogen (secondary N) is 2. The van der Waals surface area contributed by atoms with E-state index < -0.39 is 0 Å². The molecule has 0 aliphatic carbocycles. The van der Waals surface area contributed by atoms with Crippen LogP contribution in [0.15, 0.2) is 46.9 Å². The fourth-order valence-corrected chi connectivity index (χ4v) is 3.41. The van der Waals surface area contributed by atoms with Crippen LogP contribution >= 0.6 is 27.5 Å². The van der Waals surface area contributed by atoms with Gasteiger partial charge in [-0.1, -0.05) is 39.7 Å². The Bertz CT molecular complexity index is 745. The molecule has 6 heteroatoms. The van der Waals surface area contributed by atoms with Crippen LogP contribution in [0.25, 0.3) is 0 Å². The molecule has 3 rings (SSSR count). The number of halogens is 2. The lowest BCUT2D eigenvalue weighted by atomic mass is 10.1. The number of likely N-dealkylation sites (N-methyl/N-ethyl adjacent to an activating group) is 1. The minimum absolute atomic E-state index is 0.200. The van der Waals surface area contributed by atoms with Crippen molar-refractivity contribution in [2.24, 2.45) is 0 Å². The molecule has 2 N–H and O–H groups in total. The predicted octanol–water partition coefficient (Wildman–Crippen LogP) is 2.69. The van der Waals surface area contributed by atoms with Crippen LogP contribution in [0.3, 0.4) is 0 Å². The molecule has 1 aliphatic rings. The van der Waals surface area contributed by atoms with E-state index in [2.05, 4.69) is 39.3 Å². The van der Waals surface area contributed by atoms with E-state index in [9.17, 15) is 4.79 Å². The second kappa shape index (κ2) is 7.55. The lowest BCUT2D eigenvalue weighted by Crippen LogP contribution is -3.12. The SMILES string of the molecule is C[NH+]1CCN(c2ccccc2NC(=O)c2cc(Br)ccc2Cl)CC1. The van der Waals surface area contributed by atoms with Gasteiger partial charge in [0, 0.05) is 4.47 Å². The first-order valence-corrected chi connectivity index (χ1v) is 9.13. The van der Waals surface area contributed by atoms with E-state index in [1.807, 2.05) is 24.3 Å². The van der Waals surface area contributed by atoms with Crippen molar-refractivity contribution in [3.63, 3.8) is 0 Å². The van der Waals surface area contributed by atoms with Crippen molar-refractivity contribution >= 4 is 44.8 Å². The van der Waals surface area contributed by atoms with Gasteiger partial charge in [0.25, 0.3) is 5.91 Å². The standard InChI is InChI=1S/C18H19BrClN3O/c1-22-8-10-23(11-9-22)17-5-3-2-4-16(17)21-18(24)14-12-13(19)6-7-15(14)20/h2-7,12H,8-11H2,1H3,(H,21,24)/p+1. The third kappa shape index (κ3) is 3.91. The van der Waals surface area contributed by atoms with Crippen LogP contribution in [0.5, 0.6) is 0 Å². The predicted molar refractivity (Wildman–Crippen MR) is 102 cm³/mol. The molecule has 1 heterocycles. The fourth-order valence-electron chi connectivity index (χ4n) is 2.85. The molecule has 0 aromatic heterocycles. The van der Waals surface area contributed by atoms with Crippen LogP contribution in [0.4, 0.5) is 11.4 Å². The highest BCUT2D eigenvalue weighted by Gasteiger charge is 2.20. The molecule has 2 aromatic carbocycles. The Morgan fingerprint density at radius 1 is 1.21 bits per heavy atom. The van der Waals surface area contributed by atoms with E-state index >= 15 is 0 Å². The first-order valence-electron chi connectivity index (χ1n) is 7.96. The maximum atomic E-state index is 12.6. The topological polar surface area (TPSA) is 36.8 Å². The number of amides is 1. The summed E-state index contributed by atoms with van der Waals surface area (Å²) in [5.74, 6) is -0.200. The molecule has 126 valence electrons. The van der Waals surface area contributed by atoms with E-state index in [4.69, 9.17) is 11.6 Å². The second-order valence-electron chi connectivity index (χ2n) is 6.04. The normalized spacial score (nSPS) is 15.4. The first kappa shape index (κ1) is 17.3. The van der Waals surface area contributed by atoms with Crippen LogP contribution in [0.1, 0.15) is 10.4 Å². The van der Waals surface area contributed by atoms with Gasteiger partial charge in [-0.05, 0) is 30.3 Å². The molecule has 0 radical (unpaired) electrons. The Balaban J connectivity index is 1.82. The molecule has 0 unspecified atom stereocenters. The lowest BCUT2D eigenvalue weighted by Gasteiger charge is -2.33. The molecule has 1 fully saturated rings. The zero-order valence-electron chi connectivity index (χ0n) is 13.5. The maximum Gasteiger partial charge on any atom is 0.257 e. The average Bonchev–Trinajstić information content (AvgIpc) is 2.58. The minimum Gasteiger partial charge on any atom is -0.359 e. The minimum atomic E-state index is -0.200. The van der Waals surface area contributed by atoms with Crippen molar-refractivity contribution in [3.05, 3.63) is 57.5 Å². The summed E-state index contributed by atoms with van der Waals surface area (Å²) in [4.78, 5) is 16.5. The smallest absolute Gasteiger partial charge is 0.257 e. The maximum absolute atomic E-state index is 12.6. The van der Waals surface area contributed by atoms with E-state index in [1.165, 1.54) is 4.90 Å². The van der Waals surface area contributed by atoms with Gasteiger partial charge in [-0.2, -0.15) is 0 Å². The Morgan fingerprint density at radius 2 is 1.92 bits per heavy atom. The number of carbonyl (C=O) groups is 1. The summed E-state index contributed by atoms with van der Waals surface area (Å²) in [5, 5.41) is 3.45. The molecule has 0 atom stereocenters. The number of anilines is 2. The van der Waals surface area contributed by atoms with Gasteiger partial charge in [0.15, 0.2) is 0 Å². The molecule has 24 heavy (non-hydrogen) atoms. The summed E-state index contributed by atoms with van der Waals surface area (Å²) in [6.07, 6.45) is 0. The number of benzene rings is 2. The molecular weight excluding hydrogens is 390 g/mol. The molecule has 2 aromatic rings. The number of hydrogen-bond acceptors (Lipinski definition) is 2. The number of para-hydroxylation sites is 2. The fraction of sp³-hybridized carbons (Fsp3) is 0.278. The van der Waals surface area contributed by atoms with Gasteiger partial charge in [-0.15, -0.1) is 0 Å². The summed E-state index contributed by atoms with van der Waals surface area (Å²) >= 11 is 9.55. The van der Waals surface area contributed by atoms with Crippen LogP contribution < -0.4 is 15.1 Å². The van der Waals surface area contributed by atoms with Gasteiger partial charge >= 0.3 is 0 Å². The van der Waals surface area contributed by atoms with Gasteiger partial charge < -0.3 is 15.1 Å². The van der Waals surface area contributed by atoms with E-state index in [-0.39, 0.29) is 5.91 Å². The van der Waals surface area contributed by atoms with Crippen molar-refractivity contribution in [1.29, 1.82) is 0 Å². The van der Waals surface area contributed by atoms with Crippen molar-refractivity contribution in [2.45, 2.75) is 0 Å². The van der Waals surface area contributed by atoms with E-state index in [0.717, 1.165) is 42.0 Å². The largest absolute Gasteiger partial charge is 0.359 e. The van der Waals surface area contributed by atoms with E-state index in [1.54, 1.807) is 12.1 Å².